The molecule has 0 aliphatic heterocycles. The molecule has 1 amide bonds. The molecule has 4 aromatic carbocycles. The Morgan fingerprint density at radius 2 is 1.73 bits per heavy atom. The molecular formula is C31H23Cl2N3O4. The summed E-state index contributed by atoms with van der Waals surface area (Å²) in [5.74, 6) is -0.550. The summed E-state index contributed by atoms with van der Waals surface area (Å²) in [6.45, 7) is 1.99. The van der Waals surface area contributed by atoms with E-state index in [4.69, 9.17) is 32.7 Å². The lowest BCUT2D eigenvalue weighted by Gasteiger charge is -2.10. The molecule has 5 rings (SSSR count). The molecule has 5 aromatic rings. The van der Waals surface area contributed by atoms with Crippen LogP contribution in [-0.4, -0.2) is 30.2 Å². The molecule has 0 bridgehead atoms. The predicted molar refractivity (Wildman–Crippen MR) is 158 cm³/mol. The van der Waals surface area contributed by atoms with E-state index in [0.29, 0.717) is 22.0 Å². The highest BCUT2D eigenvalue weighted by Gasteiger charge is 2.20. The van der Waals surface area contributed by atoms with Crippen molar-refractivity contribution < 1.29 is 19.1 Å². The number of fused-ring (bicyclic) bond motifs is 1. The number of methoxy groups -OCH3 is 1. The van der Waals surface area contributed by atoms with Crippen molar-refractivity contribution in [3.63, 3.8) is 0 Å². The lowest BCUT2D eigenvalue weighted by Crippen LogP contribution is -2.18. The Bertz CT molecular complexity index is 1760. The number of H-pyrrole nitrogens is 1. The van der Waals surface area contributed by atoms with Gasteiger partial charge < -0.3 is 14.5 Å². The number of ether oxygens (including phenoxy) is 2. The van der Waals surface area contributed by atoms with Crippen molar-refractivity contribution in [3.8, 4) is 22.6 Å². The predicted octanol–water partition coefficient (Wildman–Crippen LogP) is 7.44. The van der Waals surface area contributed by atoms with Gasteiger partial charge in [-0.25, -0.2) is 10.2 Å². The fourth-order valence-corrected chi connectivity index (χ4v) is 4.80. The molecule has 40 heavy (non-hydrogen) atoms. The fraction of sp³-hybridized carbons (Fsp3) is 0.0645. The molecule has 1 heterocycles. The average Bonchev–Trinajstić information content (AvgIpc) is 3.35. The standard InChI is InChI=1S/C31H23Cl2N3O4/c1-18-7-6-10-23-27(20-8-4-3-5-9-20)29(35-28(18)23)30(37)36-34-17-19-11-14-25(26(15-19)39-2)40-31(38)22-13-12-21(32)16-24(22)33/h3-17,35H,1-2H3,(H,36,37). The van der Waals surface area contributed by atoms with Crippen LogP contribution in [0.25, 0.3) is 22.0 Å². The first-order valence-corrected chi connectivity index (χ1v) is 13.0. The van der Waals surface area contributed by atoms with Gasteiger partial charge >= 0.3 is 5.97 Å². The topological polar surface area (TPSA) is 92.8 Å². The van der Waals surface area contributed by atoms with Crippen molar-refractivity contribution >= 4 is 52.2 Å². The molecule has 0 radical (unpaired) electrons. The van der Waals surface area contributed by atoms with Crippen LogP contribution in [0.15, 0.2) is 90.0 Å². The summed E-state index contributed by atoms with van der Waals surface area (Å²) in [6.07, 6.45) is 1.47. The minimum Gasteiger partial charge on any atom is -0.493 e. The molecule has 0 aliphatic rings. The van der Waals surface area contributed by atoms with Crippen molar-refractivity contribution in [2.45, 2.75) is 6.92 Å². The van der Waals surface area contributed by atoms with E-state index in [2.05, 4.69) is 15.5 Å². The maximum Gasteiger partial charge on any atom is 0.345 e. The number of amides is 1. The van der Waals surface area contributed by atoms with E-state index in [-0.39, 0.29) is 22.2 Å². The minimum atomic E-state index is -0.656. The molecule has 0 atom stereocenters. The molecule has 0 fully saturated rings. The lowest BCUT2D eigenvalue weighted by molar-refractivity contribution is 0.0729. The molecule has 0 saturated heterocycles. The second kappa shape index (κ2) is 11.7. The molecule has 9 heteroatoms. The maximum atomic E-state index is 13.2. The van der Waals surface area contributed by atoms with Crippen LogP contribution in [-0.2, 0) is 0 Å². The second-order valence-corrected chi connectivity index (χ2v) is 9.71. The van der Waals surface area contributed by atoms with Gasteiger partial charge in [0.15, 0.2) is 11.5 Å². The van der Waals surface area contributed by atoms with E-state index in [1.807, 2.05) is 55.5 Å². The monoisotopic (exact) mass is 571 g/mol. The Morgan fingerprint density at radius 1 is 0.925 bits per heavy atom. The molecule has 0 spiro atoms. The Balaban J connectivity index is 1.35. The summed E-state index contributed by atoms with van der Waals surface area (Å²) in [7, 11) is 1.45. The van der Waals surface area contributed by atoms with Gasteiger partial charge in [0.1, 0.15) is 5.69 Å². The SMILES string of the molecule is COc1cc(C=NNC(=O)c2[nH]c3c(C)cccc3c2-c2ccccc2)ccc1OC(=O)c1ccc(Cl)cc1Cl. The van der Waals surface area contributed by atoms with Crippen LogP contribution >= 0.6 is 23.2 Å². The Morgan fingerprint density at radius 3 is 2.48 bits per heavy atom. The number of rotatable bonds is 7. The highest BCUT2D eigenvalue weighted by molar-refractivity contribution is 6.36. The molecule has 0 saturated carbocycles. The van der Waals surface area contributed by atoms with E-state index < -0.39 is 5.97 Å². The highest BCUT2D eigenvalue weighted by atomic mass is 35.5. The number of benzene rings is 4. The van der Waals surface area contributed by atoms with E-state index >= 15 is 0 Å². The third-order valence-corrected chi connectivity index (χ3v) is 6.80. The summed E-state index contributed by atoms with van der Waals surface area (Å²) in [5.41, 5.74) is 7.44. The van der Waals surface area contributed by atoms with E-state index in [9.17, 15) is 9.59 Å². The number of carbonyl (C=O) groups is 2. The number of nitrogens with one attached hydrogen (secondary N) is 2. The van der Waals surface area contributed by atoms with Gasteiger partial charge in [0.05, 0.1) is 23.9 Å². The number of nitrogens with zero attached hydrogens (tertiary/aromatic N) is 1. The number of aromatic amines is 1. The van der Waals surface area contributed by atoms with Crippen LogP contribution < -0.4 is 14.9 Å². The number of halogens is 2. The average molecular weight is 572 g/mol. The van der Waals surface area contributed by atoms with E-state index in [0.717, 1.165) is 27.6 Å². The van der Waals surface area contributed by atoms with Gasteiger partial charge in [0.25, 0.3) is 5.91 Å². The molecule has 200 valence electrons. The number of hydrazone groups is 1. The van der Waals surface area contributed by atoms with Gasteiger partial charge in [-0.05, 0) is 60.0 Å². The van der Waals surface area contributed by atoms with E-state index in [1.165, 1.54) is 25.5 Å². The van der Waals surface area contributed by atoms with Crippen molar-refractivity contribution in [1.82, 2.24) is 10.4 Å². The van der Waals surface area contributed by atoms with Crippen LogP contribution in [0.4, 0.5) is 0 Å². The lowest BCUT2D eigenvalue weighted by atomic mass is 10.0. The Labute approximate surface area is 240 Å². The first-order valence-electron chi connectivity index (χ1n) is 12.2. The zero-order valence-electron chi connectivity index (χ0n) is 21.5. The first kappa shape index (κ1) is 27.0. The minimum absolute atomic E-state index is 0.170. The van der Waals surface area contributed by atoms with E-state index in [1.54, 1.807) is 24.3 Å². The number of para-hydroxylation sites is 1. The number of hydrogen-bond donors (Lipinski definition) is 2. The maximum absolute atomic E-state index is 13.2. The Kier molecular flexibility index (Phi) is 7.86. The van der Waals surface area contributed by atoms with Crippen molar-refractivity contribution in [2.75, 3.05) is 7.11 Å². The third kappa shape index (κ3) is 5.57. The van der Waals surface area contributed by atoms with Gasteiger partial charge in [-0.15, -0.1) is 0 Å². The van der Waals surface area contributed by atoms with Gasteiger partial charge in [-0.1, -0.05) is 71.7 Å². The summed E-state index contributed by atoms with van der Waals surface area (Å²) < 4.78 is 10.9. The number of hydrogen-bond acceptors (Lipinski definition) is 5. The summed E-state index contributed by atoms with van der Waals surface area (Å²) >= 11 is 12.0. The molecule has 7 nitrogen and oxygen atoms in total. The highest BCUT2D eigenvalue weighted by Crippen LogP contribution is 2.34. The quantitative estimate of drug-likeness (QED) is 0.0918. The first-order chi connectivity index (χ1) is 19.4. The number of carbonyl (C=O) groups excluding carboxylic acids is 2. The molecule has 0 unspecified atom stereocenters. The number of aromatic nitrogens is 1. The van der Waals surface area contributed by atoms with Crippen LogP contribution in [0.2, 0.25) is 10.0 Å². The zero-order chi connectivity index (χ0) is 28.2. The smallest absolute Gasteiger partial charge is 0.345 e. The Hall–Kier alpha value is -4.59. The van der Waals surface area contributed by atoms with Gasteiger partial charge in [0.2, 0.25) is 0 Å². The van der Waals surface area contributed by atoms with Crippen molar-refractivity contribution in [1.29, 1.82) is 0 Å². The van der Waals surface area contributed by atoms with Crippen LogP contribution in [0.1, 0.15) is 32.0 Å². The van der Waals surface area contributed by atoms with Crippen LogP contribution in [0, 0.1) is 6.92 Å². The largest absolute Gasteiger partial charge is 0.493 e. The van der Waals surface area contributed by atoms with Gasteiger partial charge in [-0.2, -0.15) is 5.10 Å². The van der Waals surface area contributed by atoms with Gasteiger partial charge in [-0.3, -0.25) is 4.79 Å². The molecule has 1 aromatic heterocycles. The zero-order valence-corrected chi connectivity index (χ0v) is 23.0. The summed E-state index contributed by atoms with van der Waals surface area (Å²) in [4.78, 5) is 29.1. The summed E-state index contributed by atoms with van der Waals surface area (Å²) in [5, 5.41) is 5.68. The van der Waals surface area contributed by atoms with Crippen LogP contribution in [0.5, 0.6) is 11.5 Å². The fourth-order valence-electron chi connectivity index (χ4n) is 4.32. The van der Waals surface area contributed by atoms with Gasteiger partial charge in [0, 0.05) is 21.5 Å². The van der Waals surface area contributed by atoms with Crippen molar-refractivity contribution in [2.24, 2.45) is 5.10 Å². The number of esters is 1. The molecule has 2 N–H and O–H groups in total. The second-order valence-electron chi connectivity index (χ2n) is 8.86. The van der Waals surface area contributed by atoms with Crippen LogP contribution in [0.3, 0.4) is 0 Å². The molecule has 0 aliphatic carbocycles. The third-order valence-electron chi connectivity index (χ3n) is 6.25. The van der Waals surface area contributed by atoms with Crippen molar-refractivity contribution in [3.05, 3.63) is 117 Å². The normalized spacial score (nSPS) is 11.1. The molecular weight excluding hydrogens is 549 g/mol. The number of aryl methyl sites for hydroxylation is 1. The summed E-state index contributed by atoms with van der Waals surface area (Å²) in [6, 6.07) is 25.0.